The number of benzene rings is 1. The Labute approximate surface area is 165 Å². The van der Waals surface area contributed by atoms with Gasteiger partial charge in [0.15, 0.2) is 16.8 Å². The van der Waals surface area contributed by atoms with E-state index in [2.05, 4.69) is 29.4 Å². The molecule has 2 heterocycles. The van der Waals surface area contributed by atoms with Crippen molar-refractivity contribution in [2.45, 2.75) is 15.7 Å². The first-order valence-corrected chi connectivity index (χ1v) is 9.89. The number of methoxy groups -OCH3 is 1. The average Bonchev–Trinajstić information content (AvgIpc) is 3.16. The molecule has 1 N–H and O–H groups in total. The molecule has 0 aliphatic rings. The van der Waals surface area contributed by atoms with Crippen LogP contribution in [0.1, 0.15) is 5.82 Å². The Hall–Kier alpha value is -1.88. The molecule has 0 fully saturated rings. The molecule has 0 amide bonds. The molecule has 0 saturated heterocycles. The fourth-order valence-corrected chi connectivity index (χ4v) is 3.95. The van der Waals surface area contributed by atoms with Crippen molar-refractivity contribution in [3.8, 4) is 5.88 Å². The van der Waals surface area contributed by atoms with Gasteiger partial charge in [-0.3, -0.25) is 4.72 Å². The van der Waals surface area contributed by atoms with Crippen LogP contribution in [0.2, 0.25) is 10.0 Å². The summed E-state index contributed by atoms with van der Waals surface area (Å²) in [6.45, 7) is 0. The SMILES string of the molecule is COc1nc(SCc2ncon2)cnc1NS(=O)c1cccc(Cl)c1Cl. The van der Waals surface area contributed by atoms with Gasteiger partial charge in [0, 0.05) is 0 Å². The van der Waals surface area contributed by atoms with Crippen LogP contribution in [0.4, 0.5) is 5.82 Å². The molecule has 1 unspecified atom stereocenters. The van der Waals surface area contributed by atoms with Crippen molar-refractivity contribution in [2.75, 3.05) is 11.8 Å². The minimum Gasteiger partial charge on any atom is -0.478 e. The third kappa shape index (κ3) is 4.44. The van der Waals surface area contributed by atoms with Gasteiger partial charge >= 0.3 is 0 Å². The Balaban J connectivity index is 1.75. The van der Waals surface area contributed by atoms with Gasteiger partial charge in [-0.05, 0) is 12.1 Å². The lowest BCUT2D eigenvalue weighted by molar-refractivity contribution is 0.394. The molecular weight excluding hydrogens is 421 g/mol. The number of ether oxygens (including phenoxy) is 1. The Morgan fingerprint density at radius 3 is 2.92 bits per heavy atom. The van der Waals surface area contributed by atoms with Crippen LogP contribution in [0.5, 0.6) is 5.88 Å². The summed E-state index contributed by atoms with van der Waals surface area (Å²) in [5, 5.41) is 4.82. The number of nitrogens with one attached hydrogen (secondary N) is 1. The molecule has 0 spiro atoms. The molecule has 136 valence electrons. The Bertz CT molecular complexity index is 927. The first-order chi connectivity index (χ1) is 12.6. The largest absolute Gasteiger partial charge is 0.478 e. The van der Waals surface area contributed by atoms with Crippen molar-refractivity contribution in [1.82, 2.24) is 20.1 Å². The maximum Gasteiger partial charge on any atom is 0.259 e. The molecule has 0 radical (unpaired) electrons. The number of hydrogen-bond acceptors (Lipinski definition) is 8. The topological polar surface area (TPSA) is 103 Å². The highest BCUT2D eigenvalue weighted by Gasteiger charge is 2.16. The van der Waals surface area contributed by atoms with Gasteiger partial charge in [0.2, 0.25) is 12.2 Å². The first kappa shape index (κ1) is 18.9. The van der Waals surface area contributed by atoms with Gasteiger partial charge in [0.05, 0.1) is 34.0 Å². The molecule has 1 aromatic carbocycles. The van der Waals surface area contributed by atoms with E-state index in [1.54, 1.807) is 18.2 Å². The molecule has 1 atom stereocenters. The summed E-state index contributed by atoms with van der Waals surface area (Å²) in [7, 11) is -0.248. The predicted octanol–water partition coefficient (Wildman–Crippen LogP) is 3.60. The van der Waals surface area contributed by atoms with Gasteiger partial charge in [-0.2, -0.15) is 4.98 Å². The number of thioether (sulfide) groups is 1. The van der Waals surface area contributed by atoms with Gasteiger partial charge < -0.3 is 9.26 Å². The number of hydrogen-bond donors (Lipinski definition) is 1. The Morgan fingerprint density at radius 2 is 2.19 bits per heavy atom. The normalized spacial score (nSPS) is 12.0. The van der Waals surface area contributed by atoms with E-state index in [0.29, 0.717) is 26.5 Å². The molecule has 12 heteroatoms. The van der Waals surface area contributed by atoms with Gasteiger partial charge in [0.1, 0.15) is 5.03 Å². The fourth-order valence-electron chi connectivity index (χ4n) is 1.80. The summed E-state index contributed by atoms with van der Waals surface area (Å²) in [6.07, 6.45) is 2.78. The first-order valence-electron chi connectivity index (χ1n) is 7.00. The zero-order valence-corrected chi connectivity index (χ0v) is 16.3. The zero-order chi connectivity index (χ0) is 18.5. The van der Waals surface area contributed by atoms with Gasteiger partial charge in [-0.15, -0.1) is 0 Å². The third-order valence-corrected chi connectivity index (χ3v) is 5.92. The van der Waals surface area contributed by atoms with Crippen LogP contribution >= 0.6 is 35.0 Å². The zero-order valence-electron chi connectivity index (χ0n) is 13.2. The highest BCUT2D eigenvalue weighted by atomic mass is 35.5. The van der Waals surface area contributed by atoms with E-state index in [4.69, 9.17) is 27.9 Å². The summed E-state index contributed by atoms with van der Waals surface area (Å²) in [6, 6.07) is 4.87. The van der Waals surface area contributed by atoms with Crippen LogP contribution in [-0.4, -0.2) is 31.4 Å². The number of rotatable bonds is 7. The number of nitrogens with zero attached hydrogens (tertiary/aromatic N) is 4. The van der Waals surface area contributed by atoms with E-state index in [1.165, 1.54) is 31.5 Å². The Morgan fingerprint density at radius 1 is 1.35 bits per heavy atom. The highest BCUT2D eigenvalue weighted by molar-refractivity contribution is 7.98. The van der Waals surface area contributed by atoms with E-state index < -0.39 is 11.0 Å². The van der Waals surface area contributed by atoms with Crippen LogP contribution < -0.4 is 9.46 Å². The van der Waals surface area contributed by atoms with Crippen LogP contribution in [0, 0.1) is 0 Å². The van der Waals surface area contributed by atoms with Crippen LogP contribution in [0.15, 0.2) is 45.2 Å². The van der Waals surface area contributed by atoms with E-state index in [1.807, 2.05) is 0 Å². The molecule has 26 heavy (non-hydrogen) atoms. The Kier molecular flexibility index (Phi) is 6.30. The van der Waals surface area contributed by atoms with Crippen molar-refractivity contribution in [3.05, 3.63) is 46.7 Å². The van der Waals surface area contributed by atoms with E-state index in [-0.39, 0.29) is 16.7 Å². The van der Waals surface area contributed by atoms with Crippen LogP contribution in [0.25, 0.3) is 0 Å². The van der Waals surface area contributed by atoms with Crippen LogP contribution in [-0.2, 0) is 16.7 Å². The summed E-state index contributed by atoms with van der Waals surface area (Å²) in [5.74, 6) is 1.40. The molecule has 0 bridgehead atoms. The molecule has 8 nitrogen and oxygen atoms in total. The lowest BCUT2D eigenvalue weighted by atomic mass is 10.4. The molecule has 0 aliphatic heterocycles. The standard InChI is InChI=1S/C14H11Cl2N5O3S2/c1-23-14-13(21-26(22)9-4-2-3-8(15)12(9)16)17-5-11(19-14)25-6-10-18-7-24-20-10/h2-5,7H,6H2,1H3,(H,17,21). The highest BCUT2D eigenvalue weighted by Crippen LogP contribution is 2.30. The smallest absolute Gasteiger partial charge is 0.259 e. The number of anilines is 1. The maximum atomic E-state index is 12.5. The number of aromatic nitrogens is 4. The minimum absolute atomic E-state index is 0.189. The second-order valence-electron chi connectivity index (χ2n) is 4.62. The molecule has 0 aliphatic carbocycles. The molecular formula is C14H11Cl2N5O3S2. The van der Waals surface area contributed by atoms with E-state index in [0.717, 1.165) is 0 Å². The van der Waals surface area contributed by atoms with Crippen LogP contribution in [0.3, 0.4) is 0 Å². The lowest BCUT2D eigenvalue weighted by Gasteiger charge is -2.11. The quantitative estimate of drug-likeness (QED) is 0.565. The summed E-state index contributed by atoms with van der Waals surface area (Å²) in [5.41, 5.74) is 0. The van der Waals surface area contributed by atoms with Crippen molar-refractivity contribution >= 4 is 51.8 Å². The predicted molar refractivity (Wildman–Crippen MR) is 98.9 cm³/mol. The van der Waals surface area contributed by atoms with E-state index in [9.17, 15) is 4.21 Å². The fraction of sp³-hybridized carbons (Fsp3) is 0.143. The lowest BCUT2D eigenvalue weighted by Crippen LogP contribution is -2.09. The van der Waals surface area contributed by atoms with Crippen molar-refractivity contribution in [3.63, 3.8) is 0 Å². The average molecular weight is 432 g/mol. The third-order valence-electron chi connectivity index (χ3n) is 2.97. The number of halogens is 2. The van der Waals surface area contributed by atoms with Crippen molar-refractivity contribution in [1.29, 1.82) is 0 Å². The molecule has 3 rings (SSSR count). The second kappa shape index (κ2) is 8.67. The summed E-state index contributed by atoms with van der Waals surface area (Å²) in [4.78, 5) is 12.8. The van der Waals surface area contributed by atoms with Crippen molar-refractivity contribution in [2.24, 2.45) is 0 Å². The second-order valence-corrected chi connectivity index (χ2v) is 7.59. The van der Waals surface area contributed by atoms with Gasteiger partial charge in [-0.25, -0.2) is 14.2 Å². The summed E-state index contributed by atoms with van der Waals surface area (Å²) < 4.78 is 25.1. The molecule has 0 saturated carbocycles. The summed E-state index contributed by atoms with van der Waals surface area (Å²) >= 11 is 13.4. The monoisotopic (exact) mass is 431 g/mol. The van der Waals surface area contributed by atoms with Gasteiger partial charge in [0.25, 0.3) is 5.88 Å². The van der Waals surface area contributed by atoms with Gasteiger partial charge in [-0.1, -0.05) is 46.2 Å². The maximum absolute atomic E-state index is 12.5. The van der Waals surface area contributed by atoms with Crippen molar-refractivity contribution < 1.29 is 13.5 Å². The molecule has 3 aromatic rings. The molecule has 2 aromatic heterocycles. The van der Waals surface area contributed by atoms with E-state index >= 15 is 0 Å². The minimum atomic E-state index is -1.69.